The van der Waals surface area contributed by atoms with Gasteiger partial charge in [0.15, 0.2) is 0 Å². The predicted octanol–water partition coefficient (Wildman–Crippen LogP) is 2.92. The summed E-state index contributed by atoms with van der Waals surface area (Å²) in [5.41, 5.74) is 7.09. The maximum Gasteiger partial charge on any atom is 0.0462 e. The van der Waals surface area contributed by atoms with E-state index in [-0.39, 0.29) is 0 Å². The molecule has 0 saturated heterocycles. The van der Waals surface area contributed by atoms with Crippen molar-refractivity contribution in [3.05, 3.63) is 34.3 Å². The van der Waals surface area contributed by atoms with Gasteiger partial charge >= 0.3 is 0 Å². The Hall–Kier alpha value is -0.380. The number of benzene rings is 1. The summed E-state index contributed by atoms with van der Waals surface area (Å²) >= 11 is 3.43. The van der Waals surface area contributed by atoms with Crippen molar-refractivity contribution < 1.29 is 4.74 Å². The maximum atomic E-state index is 5.77. The first kappa shape index (κ1) is 12.7. The second-order valence-electron chi connectivity index (χ2n) is 3.62. The van der Waals surface area contributed by atoms with Crippen LogP contribution < -0.4 is 5.73 Å². The molecule has 1 aromatic carbocycles. The van der Waals surface area contributed by atoms with Crippen LogP contribution in [-0.4, -0.2) is 20.3 Å². The van der Waals surface area contributed by atoms with Crippen molar-refractivity contribution in [3.8, 4) is 0 Å². The molecule has 3 heteroatoms. The third-order valence-corrected chi connectivity index (χ3v) is 3.06. The van der Waals surface area contributed by atoms with Crippen LogP contribution >= 0.6 is 15.9 Å². The maximum absolute atomic E-state index is 5.77. The molecule has 15 heavy (non-hydrogen) atoms. The molecule has 0 aliphatic carbocycles. The average molecular weight is 272 g/mol. The van der Waals surface area contributed by atoms with Crippen LogP contribution in [0, 0.1) is 0 Å². The first-order chi connectivity index (χ1) is 7.27. The van der Waals surface area contributed by atoms with Gasteiger partial charge in [-0.05, 0) is 43.0 Å². The fourth-order valence-electron chi connectivity index (χ4n) is 1.63. The zero-order valence-corrected chi connectivity index (χ0v) is 10.7. The number of hydrogen-bond donors (Lipinski definition) is 1. The molecule has 1 atom stereocenters. The number of methoxy groups -OCH3 is 1. The van der Waals surface area contributed by atoms with Gasteiger partial charge in [-0.15, -0.1) is 0 Å². The summed E-state index contributed by atoms with van der Waals surface area (Å²) < 4.78 is 6.15. The molecule has 84 valence electrons. The Labute approximate surface area is 99.9 Å². The van der Waals surface area contributed by atoms with E-state index in [9.17, 15) is 0 Å². The zero-order valence-electron chi connectivity index (χ0n) is 9.08. The van der Waals surface area contributed by atoms with Crippen molar-refractivity contribution in [3.63, 3.8) is 0 Å². The van der Waals surface area contributed by atoms with Gasteiger partial charge in [-0.1, -0.05) is 28.1 Å². The van der Waals surface area contributed by atoms with E-state index in [0.29, 0.717) is 12.5 Å². The minimum absolute atomic E-state index is 0.452. The molecule has 0 aliphatic heterocycles. The van der Waals surface area contributed by atoms with Gasteiger partial charge in [0, 0.05) is 18.2 Å². The molecule has 0 amide bonds. The van der Waals surface area contributed by atoms with Crippen molar-refractivity contribution >= 4 is 15.9 Å². The topological polar surface area (TPSA) is 35.2 Å². The summed E-state index contributed by atoms with van der Waals surface area (Å²) in [6, 6.07) is 8.39. The Balaban J connectivity index is 2.53. The van der Waals surface area contributed by atoms with E-state index in [2.05, 4.69) is 40.2 Å². The Kier molecular flexibility index (Phi) is 5.91. The first-order valence-electron chi connectivity index (χ1n) is 5.22. The largest absolute Gasteiger partial charge is 0.385 e. The third-order valence-electron chi connectivity index (χ3n) is 2.53. The average Bonchev–Trinajstić information content (AvgIpc) is 2.26. The number of nitrogens with two attached hydrogens (primary N) is 1. The molecule has 0 saturated carbocycles. The fraction of sp³-hybridized carbons (Fsp3) is 0.500. The molecule has 0 aliphatic rings. The number of halogens is 1. The quantitative estimate of drug-likeness (QED) is 0.808. The van der Waals surface area contributed by atoms with Gasteiger partial charge in [0.2, 0.25) is 0 Å². The summed E-state index contributed by atoms with van der Waals surface area (Å²) in [6.45, 7) is 1.51. The molecule has 0 spiro atoms. The minimum atomic E-state index is 0.452. The normalized spacial score (nSPS) is 12.7. The van der Waals surface area contributed by atoms with E-state index in [1.54, 1.807) is 7.11 Å². The highest BCUT2D eigenvalue weighted by atomic mass is 79.9. The summed E-state index contributed by atoms with van der Waals surface area (Å²) in [5.74, 6) is 0.452. The molecule has 0 aromatic heterocycles. The van der Waals surface area contributed by atoms with E-state index in [4.69, 9.17) is 10.5 Å². The van der Waals surface area contributed by atoms with Crippen LogP contribution in [0.25, 0.3) is 0 Å². The van der Waals surface area contributed by atoms with Crippen LogP contribution in [0.3, 0.4) is 0 Å². The minimum Gasteiger partial charge on any atom is -0.385 e. The Morgan fingerprint density at radius 2 is 2.00 bits per heavy atom. The van der Waals surface area contributed by atoms with Gasteiger partial charge in [0.25, 0.3) is 0 Å². The number of ether oxygens (including phenoxy) is 1. The molecule has 1 unspecified atom stereocenters. The van der Waals surface area contributed by atoms with Crippen LogP contribution in [0.1, 0.15) is 24.3 Å². The lowest BCUT2D eigenvalue weighted by molar-refractivity contribution is 0.190. The smallest absolute Gasteiger partial charge is 0.0462 e. The van der Waals surface area contributed by atoms with Crippen LogP contribution in [0.5, 0.6) is 0 Å². The lowest BCUT2D eigenvalue weighted by atomic mass is 9.95. The Morgan fingerprint density at radius 3 is 2.53 bits per heavy atom. The standard InChI is InChI=1S/C12H18BrNO/c1-15-8-2-3-11(9-14)10-4-6-12(13)7-5-10/h4-7,11H,2-3,8-9,14H2,1H3. The summed E-state index contributed by atoms with van der Waals surface area (Å²) in [7, 11) is 1.73. The van der Waals surface area contributed by atoms with E-state index in [0.717, 1.165) is 23.9 Å². The molecule has 0 heterocycles. The van der Waals surface area contributed by atoms with Crippen molar-refractivity contribution in [2.75, 3.05) is 20.3 Å². The summed E-state index contributed by atoms with van der Waals surface area (Å²) in [5, 5.41) is 0. The first-order valence-corrected chi connectivity index (χ1v) is 6.01. The van der Waals surface area contributed by atoms with E-state index in [1.807, 2.05) is 0 Å². The summed E-state index contributed by atoms with van der Waals surface area (Å²) in [6.07, 6.45) is 2.15. The Bertz CT molecular complexity index is 273. The molecule has 0 radical (unpaired) electrons. The second kappa shape index (κ2) is 6.99. The van der Waals surface area contributed by atoms with E-state index < -0.39 is 0 Å². The highest BCUT2D eigenvalue weighted by Gasteiger charge is 2.08. The van der Waals surface area contributed by atoms with Crippen molar-refractivity contribution in [1.29, 1.82) is 0 Å². The molecule has 2 N–H and O–H groups in total. The van der Waals surface area contributed by atoms with Gasteiger partial charge in [-0.25, -0.2) is 0 Å². The molecule has 1 rings (SSSR count). The molecule has 0 bridgehead atoms. The van der Waals surface area contributed by atoms with Crippen LogP contribution in [0.15, 0.2) is 28.7 Å². The highest BCUT2D eigenvalue weighted by Crippen LogP contribution is 2.22. The van der Waals surface area contributed by atoms with Crippen molar-refractivity contribution in [2.24, 2.45) is 5.73 Å². The fourth-order valence-corrected chi connectivity index (χ4v) is 1.89. The molecular weight excluding hydrogens is 254 g/mol. The van der Waals surface area contributed by atoms with Gasteiger partial charge in [0.05, 0.1) is 0 Å². The van der Waals surface area contributed by atoms with Gasteiger partial charge in [-0.3, -0.25) is 0 Å². The lowest BCUT2D eigenvalue weighted by Crippen LogP contribution is -2.13. The van der Waals surface area contributed by atoms with Gasteiger partial charge in [-0.2, -0.15) is 0 Å². The molecule has 1 aromatic rings. The molecular formula is C12H18BrNO. The van der Waals surface area contributed by atoms with Crippen LogP contribution in [0.4, 0.5) is 0 Å². The monoisotopic (exact) mass is 271 g/mol. The van der Waals surface area contributed by atoms with Crippen molar-refractivity contribution in [1.82, 2.24) is 0 Å². The second-order valence-corrected chi connectivity index (χ2v) is 4.53. The zero-order chi connectivity index (χ0) is 11.1. The molecule has 2 nitrogen and oxygen atoms in total. The van der Waals surface area contributed by atoms with Crippen LogP contribution in [-0.2, 0) is 4.74 Å². The molecule has 0 fully saturated rings. The van der Waals surface area contributed by atoms with Crippen LogP contribution in [0.2, 0.25) is 0 Å². The number of rotatable bonds is 6. The van der Waals surface area contributed by atoms with Gasteiger partial charge in [0.1, 0.15) is 0 Å². The third kappa shape index (κ3) is 4.33. The van der Waals surface area contributed by atoms with E-state index in [1.165, 1.54) is 5.56 Å². The predicted molar refractivity (Wildman–Crippen MR) is 67.0 cm³/mol. The van der Waals surface area contributed by atoms with Crippen molar-refractivity contribution in [2.45, 2.75) is 18.8 Å². The van der Waals surface area contributed by atoms with Gasteiger partial charge < -0.3 is 10.5 Å². The number of hydrogen-bond acceptors (Lipinski definition) is 2. The SMILES string of the molecule is COCCCC(CN)c1ccc(Br)cc1. The summed E-state index contributed by atoms with van der Waals surface area (Å²) in [4.78, 5) is 0. The highest BCUT2D eigenvalue weighted by molar-refractivity contribution is 9.10. The lowest BCUT2D eigenvalue weighted by Gasteiger charge is -2.14. The Morgan fingerprint density at radius 1 is 1.33 bits per heavy atom. The van der Waals surface area contributed by atoms with E-state index >= 15 is 0 Å².